The molecule has 0 bridgehead atoms. The van der Waals surface area contributed by atoms with Crippen LogP contribution in [0.25, 0.3) is 0 Å². The first-order valence-electron chi connectivity index (χ1n) is 10.7. The summed E-state index contributed by atoms with van der Waals surface area (Å²) in [6, 6.07) is -4.49. The van der Waals surface area contributed by atoms with Crippen molar-refractivity contribution in [1.29, 1.82) is 0 Å². The molecular weight excluding hydrogens is 454 g/mol. The highest BCUT2D eigenvalue weighted by molar-refractivity contribution is 7.80. The molecule has 13 heteroatoms. The quantitative estimate of drug-likeness (QED) is 0.127. The average Bonchev–Trinajstić information content (AvgIpc) is 2.70. The van der Waals surface area contributed by atoms with Crippen LogP contribution in [0.2, 0.25) is 0 Å². The number of rotatable bonds is 14. The van der Waals surface area contributed by atoms with Gasteiger partial charge in [0.15, 0.2) is 0 Å². The number of carboxylic acid groups (broad SMARTS) is 1. The fourth-order valence-electron chi connectivity index (χ4n) is 2.76. The minimum Gasteiger partial charge on any atom is -0.480 e. The summed E-state index contributed by atoms with van der Waals surface area (Å²) in [6.07, 6.45) is -0.907. The number of nitrogens with two attached hydrogens (primary N) is 1. The first-order chi connectivity index (χ1) is 15.2. The SMILES string of the molecule is CC(C)C[C@H](N)C(=O)N[C@@H](CS)C(=O)NCC(=O)N[C@H](C(=O)N[C@H](C(=O)O)C(C)C)[C@@H](C)O. The lowest BCUT2D eigenvalue weighted by atomic mass is 10.0. The molecule has 0 heterocycles. The van der Waals surface area contributed by atoms with Gasteiger partial charge in [-0.15, -0.1) is 0 Å². The highest BCUT2D eigenvalue weighted by atomic mass is 32.1. The van der Waals surface area contributed by atoms with E-state index in [9.17, 15) is 34.2 Å². The first-order valence-corrected chi connectivity index (χ1v) is 11.3. The summed E-state index contributed by atoms with van der Waals surface area (Å²) in [5.41, 5.74) is 5.80. The number of aliphatic carboxylic acids is 1. The van der Waals surface area contributed by atoms with E-state index in [4.69, 9.17) is 5.73 Å². The Hall–Kier alpha value is -2.38. The number of carboxylic acids is 1. The van der Waals surface area contributed by atoms with E-state index >= 15 is 0 Å². The molecule has 0 radical (unpaired) electrons. The van der Waals surface area contributed by atoms with E-state index in [1.54, 1.807) is 13.8 Å². The molecule has 4 amide bonds. The lowest BCUT2D eigenvalue weighted by Crippen LogP contribution is -2.58. The van der Waals surface area contributed by atoms with Crippen molar-refractivity contribution < 1.29 is 34.2 Å². The minimum atomic E-state index is -1.44. The van der Waals surface area contributed by atoms with Gasteiger partial charge < -0.3 is 37.2 Å². The molecule has 12 nitrogen and oxygen atoms in total. The Kier molecular flexibility index (Phi) is 13.6. The summed E-state index contributed by atoms with van der Waals surface area (Å²) in [5.74, 6) is -4.44. The fourth-order valence-corrected chi connectivity index (χ4v) is 3.02. The van der Waals surface area contributed by atoms with Gasteiger partial charge in [0.25, 0.3) is 0 Å². The number of amides is 4. The van der Waals surface area contributed by atoms with Crippen molar-refractivity contribution >= 4 is 42.2 Å². The summed E-state index contributed by atoms with van der Waals surface area (Å²) in [6.45, 7) is 7.69. The number of thiol groups is 1. The second-order valence-corrected chi connectivity index (χ2v) is 8.92. The molecule has 0 saturated heterocycles. The lowest BCUT2D eigenvalue weighted by molar-refractivity contribution is -0.144. The van der Waals surface area contributed by atoms with E-state index in [1.807, 2.05) is 13.8 Å². The van der Waals surface area contributed by atoms with Crippen molar-refractivity contribution in [1.82, 2.24) is 21.3 Å². The van der Waals surface area contributed by atoms with Crippen LogP contribution in [0.1, 0.15) is 41.0 Å². The van der Waals surface area contributed by atoms with Crippen LogP contribution in [0.3, 0.4) is 0 Å². The zero-order chi connectivity index (χ0) is 25.9. The molecule has 0 rings (SSSR count). The number of carbonyl (C=O) groups is 5. The van der Waals surface area contributed by atoms with Crippen molar-refractivity contribution in [3.8, 4) is 0 Å². The third-order valence-corrected chi connectivity index (χ3v) is 4.98. The summed E-state index contributed by atoms with van der Waals surface area (Å²) in [4.78, 5) is 60.3. The maximum absolute atomic E-state index is 12.4. The molecule has 8 N–H and O–H groups in total. The van der Waals surface area contributed by atoms with E-state index < -0.39 is 72.3 Å². The third-order valence-electron chi connectivity index (χ3n) is 4.61. The minimum absolute atomic E-state index is 0.0436. The zero-order valence-electron chi connectivity index (χ0n) is 19.6. The number of carbonyl (C=O) groups excluding carboxylic acids is 4. The molecule has 0 unspecified atom stereocenters. The summed E-state index contributed by atoms with van der Waals surface area (Å²) < 4.78 is 0. The number of hydrogen-bond acceptors (Lipinski definition) is 8. The monoisotopic (exact) mass is 491 g/mol. The maximum Gasteiger partial charge on any atom is 0.326 e. The van der Waals surface area contributed by atoms with Crippen molar-refractivity contribution in [2.45, 2.75) is 71.3 Å². The van der Waals surface area contributed by atoms with Gasteiger partial charge in [-0.1, -0.05) is 27.7 Å². The fraction of sp³-hybridized carbons (Fsp3) is 0.750. The van der Waals surface area contributed by atoms with Gasteiger partial charge in [-0.25, -0.2) is 4.79 Å². The standard InChI is InChI=1S/C20H37N5O7S/c1-9(2)6-12(21)17(28)23-13(8-33)18(29)22-7-14(27)24-16(11(5)26)19(30)25-15(10(3)4)20(31)32/h9-13,15-16,26,33H,6-8,21H2,1-5H3,(H,22,29)(H,23,28)(H,24,27)(H,25,30)(H,31,32)/t11-,12+,13+,15+,16+/m1/s1. The van der Waals surface area contributed by atoms with Crippen molar-refractivity contribution in [3.63, 3.8) is 0 Å². The van der Waals surface area contributed by atoms with Crippen molar-refractivity contribution in [2.24, 2.45) is 17.6 Å². The topological polar surface area (TPSA) is 200 Å². The Balaban J connectivity index is 4.91. The highest BCUT2D eigenvalue weighted by Crippen LogP contribution is 2.04. The molecule has 190 valence electrons. The molecule has 5 atom stereocenters. The lowest BCUT2D eigenvalue weighted by Gasteiger charge is -2.25. The van der Waals surface area contributed by atoms with Gasteiger partial charge in [0.05, 0.1) is 18.7 Å². The van der Waals surface area contributed by atoms with E-state index in [2.05, 4.69) is 33.9 Å². The molecule has 33 heavy (non-hydrogen) atoms. The number of nitrogens with one attached hydrogen (secondary N) is 4. The van der Waals surface area contributed by atoms with Gasteiger partial charge in [0, 0.05) is 5.75 Å². The number of aliphatic hydroxyl groups is 1. The van der Waals surface area contributed by atoms with E-state index in [-0.39, 0.29) is 11.7 Å². The largest absolute Gasteiger partial charge is 0.480 e. The third kappa shape index (κ3) is 11.3. The van der Waals surface area contributed by atoms with Crippen LogP contribution in [0.5, 0.6) is 0 Å². The predicted octanol–water partition coefficient (Wildman–Crippen LogP) is -2.02. The van der Waals surface area contributed by atoms with E-state index in [0.717, 1.165) is 0 Å². The van der Waals surface area contributed by atoms with E-state index in [0.29, 0.717) is 6.42 Å². The Morgan fingerprint density at radius 3 is 1.88 bits per heavy atom. The number of hydrogen-bond donors (Lipinski definition) is 8. The Morgan fingerprint density at radius 2 is 1.45 bits per heavy atom. The molecule has 0 aromatic rings. The van der Waals surface area contributed by atoms with Gasteiger partial charge in [-0.2, -0.15) is 12.6 Å². The smallest absolute Gasteiger partial charge is 0.326 e. The van der Waals surface area contributed by atoms with Gasteiger partial charge in [-0.05, 0) is 25.2 Å². The molecular formula is C20H37N5O7S. The molecule has 0 fully saturated rings. The summed E-state index contributed by atoms with van der Waals surface area (Å²) in [7, 11) is 0. The van der Waals surface area contributed by atoms with Crippen LogP contribution in [0.15, 0.2) is 0 Å². The zero-order valence-corrected chi connectivity index (χ0v) is 20.5. The van der Waals surface area contributed by atoms with Gasteiger partial charge >= 0.3 is 5.97 Å². The predicted molar refractivity (Wildman–Crippen MR) is 124 cm³/mol. The maximum atomic E-state index is 12.4. The van der Waals surface area contributed by atoms with Gasteiger partial charge in [0.1, 0.15) is 18.1 Å². The van der Waals surface area contributed by atoms with Crippen LogP contribution >= 0.6 is 12.6 Å². The van der Waals surface area contributed by atoms with Crippen molar-refractivity contribution in [3.05, 3.63) is 0 Å². The summed E-state index contributed by atoms with van der Waals surface area (Å²) >= 11 is 4.04. The van der Waals surface area contributed by atoms with Crippen LogP contribution in [0, 0.1) is 11.8 Å². The van der Waals surface area contributed by atoms with Crippen molar-refractivity contribution in [2.75, 3.05) is 12.3 Å². The Labute approximate surface area is 199 Å². The summed E-state index contributed by atoms with van der Waals surface area (Å²) in [5, 5.41) is 28.4. The first kappa shape index (κ1) is 30.6. The average molecular weight is 492 g/mol. The van der Waals surface area contributed by atoms with Gasteiger partial charge in [0.2, 0.25) is 23.6 Å². The molecule has 0 aliphatic carbocycles. The second kappa shape index (κ2) is 14.7. The molecule has 0 aromatic carbocycles. The second-order valence-electron chi connectivity index (χ2n) is 8.55. The van der Waals surface area contributed by atoms with Gasteiger partial charge in [-0.3, -0.25) is 19.2 Å². The molecule has 0 aliphatic heterocycles. The molecule has 0 spiro atoms. The Morgan fingerprint density at radius 1 is 0.879 bits per heavy atom. The number of aliphatic hydroxyl groups excluding tert-OH is 1. The molecule has 0 aromatic heterocycles. The molecule has 0 aliphatic rings. The van der Waals surface area contributed by atoms with Crippen LogP contribution < -0.4 is 27.0 Å². The van der Waals surface area contributed by atoms with E-state index in [1.165, 1.54) is 6.92 Å². The normalized spacial score (nSPS) is 15.7. The van der Waals surface area contributed by atoms with Crippen LogP contribution in [0.4, 0.5) is 0 Å². The molecule has 0 saturated carbocycles. The van der Waals surface area contributed by atoms with Crippen LogP contribution in [-0.2, 0) is 24.0 Å². The highest BCUT2D eigenvalue weighted by Gasteiger charge is 2.31. The Bertz CT molecular complexity index is 702. The van der Waals surface area contributed by atoms with Crippen LogP contribution in [-0.4, -0.2) is 82.4 Å².